The molecular formula is C29H42F4O2. The van der Waals surface area contributed by atoms with Crippen LogP contribution in [0.2, 0.25) is 0 Å². The van der Waals surface area contributed by atoms with Crippen molar-refractivity contribution in [1.29, 1.82) is 0 Å². The zero-order valence-electron chi connectivity index (χ0n) is 21.3. The first-order valence-electron chi connectivity index (χ1n) is 13.9. The first-order valence-corrected chi connectivity index (χ1v) is 13.9. The summed E-state index contributed by atoms with van der Waals surface area (Å²) in [4.78, 5) is 0. The Morgan fingerprint density at radius 1 is 0.714 bits per heavy atom. The number of hydrogen-bond acceptors (Lipinski definition) is 2. The number of benzene rings is 1. The summed E-state index contributed by atoms with van der Waals surface area (Å²) in [5.41, 5.74) is -1.36. The number of ether oxygens (including phenoxy) is 2. The lowest BCUT2D eigenvalue weighted by molar-refractivity contribution is -0.141. The second-order valence-corrected chi connectivity index (χ2v) is 11.5. The summed E-state index contributed by atoms with van der Waals surface area (Å²) >= 11 is 0. The molecule has 0 aromatic heterocycles. The normalized spacial score (nSPS) is 32.3. The molecule has 2 nitrogen and oxygen atoms in total. The second kappa shape index (κ2) is 11.7. The van der Waals surface area contributed by atoms with Gasteiger partial charge in [0.15, 0.2) is 11.6 Å². The standard InChI is InChI=1S/C29H42F4O2/c1-3-34-26-17-16-25(27(28(26)30)29(31,32)33)35-18-20-6-10-22(11-7-20)24-14-12-23(13-15-24)21-8-4-19(2)5-9-21/h16-17,19-24H,3-15,18H2,1-2H3. The van der Waals surface area contributed by atoms with Crippen molar-refractivity contribution < 1.29 is 27.0 Å². The van der Waals surface area contributed by atoms with Crippen LogP contribution in [-0.2, 0) is 6.18 Å². The Morgan fingerprint density at radius 2 is 1.17 bits per heavy atom. The van der Waals surface area contributed by atoms with Crippen molar-refractivity contribution in [2.75, 3.05) is 13.2 Å². The molecule has 3 aliphatic rings. The third-order valence-corrected chi connectivity index (χ3v) is 9.23. The summed E-state index contributed by atoms with van der Waals surface area (Å²) in [6.07, 6.45) is 10.5. The maximum absolute atomic E-state index is 14.5. The van der Waals surface area contributed by atoms with E-state index in [9.17, 15) is 17.6 Å². The number of halogens is 4. The Hall–Kier alpha value is -1.46. The summed E-state index contributed by atoms with van der Waals surface area (Å²) < 4.78 is 65.7. The van der Waals surface area contributed by atoms with Gasteiger partial charge in [0.05, 0.1) is 13.2 Å². The van der Waals surface area contributed by atoms with Crippen LogP contribution in [-0.4, -0.2) is 13.2 Å². The summed E-state index contributed by atoms with van der Waals surface area (Å²) in [6.45, 7) is 4.30. The molecule has 35 heavy (non-hydrogen) atoms. The smallest absolute Gasteiger partial charge is 0.422 e. The van der Waals surface area contributed by atoms with Gasteiger partial charge in [-0.15, -0.1) is 0 Å². The molecule has 0 aliphatic heterocycles. The van der Waals surface area contributed by atoms with Gasteiger partial charge in [-0.2, -0.15) is 13.2 Å². The van der Waals surface area contributed by atoms with Crippen LogP contribution in [0.5, 0.6) is 11.5 Å². The highest BCUT2D eigenvalue weighted by Crippen LogP contribution is 2.46. The maximum atomic E-state index is 14.5. The molecule has 0 unspecified atom stereocenters. The van der Waals surface area contributed by atoms with E-state index in [-0.39, 0.29) is 24.9 Å². The predicted octanol–water partition coefficient (Wildman–Crippen LogP) is 9.06. The van der Waals surface area contributed by atoms with E-state index in [1.165, 1.54) is 63.5 Å². The number of hydrogen-bond donors (Lipinski definition) is 0. The van der Waals surface area contributed by atoms with E-state index < -0.39 is 23.3 Å². The minimum atomic E-state index is -4.83. The van der Waals surface area contributed by atoms with Crippen molar-refractivity contribution in [3.63, 3.8) is 0 Å². The molecule has 3 aliphatic carbocycles. The molecule has 0 amide bonds. The largest absolute Gasteiger partial charge is 0.493 e. The van der Waals surface area contributed by atoms with Crippen molar-refractivity contribution in [3.8, 4) is 11.5 Å². The van der Waals surface area contributed by atoms with Crippen LogP contribution in [0.15, 0.2) is 12.1 Å². The van der Waals surface area contributed by atoms with E-state index in [2.05, 4.69) is 6.92 Å². The fourth-order valence-corrected chi connectivity index (χ4v) is 7.07. The Bertz CT molecular complexity index is 800. The van der Waals surface area contributed by atoms with E-state index in [4.69, 9.17) is 9.47 Å². The zero-order valence-corrected chi connectivity index (χ0v) is 21.3. The van der Waals surface area contributed by atoms with Crippen LogP contribution in [0.1, 0.15) is 96.5 Å². The quantitative estimate of drug-likeness (QED) is 0.349. The SMILES string of the molecule is CCOc1ccc(OCC2CCC(C3CCC(C4CCC(C)CC4)CC3)CC2)c(C(F)(F)F)c1F. The van der Waals surface area contributed by atoms with Crippen LogP contribution in [0.25, 0.3) is 0 Å². The van der Waals surface area contributed by atoms with Gasteiger partial charge in [-0.25, -0.2) is 4.39 Å². The lowest BCUT2D eigenvalue weighted by Gasteiger charge is -2.41. The molecule has 198 valence electrons. The van der Waals surface area contributed by atoms with Gasteiger partial charge in [-0.05, 0) is 119 Å². The zero-order chi connectivity index (χ0) is 25.0. The van der Waals surface area contributed by atoms with Crippen LogP contribution in [0.4, 0.5) is 17.6 Å². The summed E-state index contributed by atoms with van der Waals surface area (Å²) in [5.74, 6) is 2.36. The molecule has 3 fully saturated rings. The highest BCUT2D eigenvalue weighted by Gasteiger charge is 2.40. The second-order valence-electron chi connectivity index (χ2n) is 11.5. The minimum Gasteiger partial charge on any atom is -0.493 e. The number of rotatable bonds is 7. The average Bonchev–Trinajstić information content (AvgIpc) is 2.84. The number of alkyl halides is 3. The predicted molar refractivity (Wildman–Crippen MR) is 130 cm³/mol. The molecule has 1 aromatic rings. The van der Waals surface area contributed by atoms with Gasteiger partial charge in [0.1, 0.15) is 11.3 Å². The Balaban J connectivity index is 1.24. The monoisotopic (exact) mass is 498 g/mol. The highest BCUT2D eigenvalue weighted by atomic mass is 19.4. The fourth-order valence-electron chi connectivity index (χ4n) is 7.07. The molecule has 0 heterocycles. The molecular weight excluding hydrogens is 456 g/mol. The molecule has 0 radical (unpaired) electrons. The fraction of sp³-hybridized carbons (Fsp3) is 0.793. The van der Waals surface area contributed by atoms with Crippen molar-refractivity contribution in [1.82, 2.24) is 0 Å². The highest BCUT2D eigenvalue weighted by molar-refractivity contribution is 5.44. The van der Waals surface area contributed by atoms with E-state index in [0.717, 1.165) is 55.3 Å². The van der Waals surface area contributed by atoms with Crippen LogP contribution < -0.4 is 9.47 Å². The van der Waals surface area contributed by atoms with E-state index in [1.54, 1.807) is 6.92 Å². The molecule has 0 atom stereocenters. The van der Waals surface area contributed by atoms with Crippen molar-refractivity contribution >= 4 is 0 Å². The molecule has 1 aromatic carbocycles. The molecule has 0 saturated heterocycles. The molecule has 0 N–H and O–H groups in total. The van der Waals surface area contributed by atoms with Gasteiger partial charge in [-0.1, -0.05) is 19.8 Å². The van der Waals surface area contributed by atoms with Crippen LogP contribution in [0.3, 0.4) is 0 Å². The average molecular weight is 499 g/mol. The summed E-state index contributed by atoms with van der Waals surface area (Å²) in [7, 11) is 0. The van der Waals surface area contributed by atoms with Crippen LogP contribution in [0, 0.1) is 41.3 Å². The first-order chi connectivity index (χ1) is 16.8. The van der Waals surface area contributed by atoms with Crippen molar-refractivity contribution in [3.05, 3.63) is 23.5 Å². The molecule has 3 saturated carbocycles. The van der Waals surface area contributed by atoms with E-state index >= 15 is 0 Å². The van der Waals surface area contributed by atoms with Gasteiger partial charge in [0, 0.05) is 0 Å². The third kappa shape index (κ3) is 6.65. The van der Waals surface area contributed by atoms with E-state index in [0.29, 0.717) is 0 Å². The molecule has 6 heteroatoms. The van der Waals surface area contributed by atoms with Crippen molar-refractivity contribution in [2.24, 2.45) is 35.5 Å². The van der Waals surface area contributed by atoms with Crippen LogP contribution >= 0.6 is 0 Å². The molecule has 4 rings (SSSR count). The minimum absolute atomic E-state index is 0.0964. The van der Waals surface area contributed by atoms with Crippen molar-refractivity contribution in [2.45, 2.75) is 97.1 Å². The molecule has 0 spiro atoms. The van der Waals surface area contributed by atoms with Gasteiger partial charge in [0.25, 0.3) is 0 Å². The Kier molecular flexibility index (Phi) is 8.91. The lowest BCUT2D eigenvalue weighted by Crippen LogP contribution is -2.30. The summed E-state index contributed by atoms with van der Waals surface area (Å²) in [6, 6.07) is 2.42. The topological polar surface area (TPSA) is 18.5 Å². The van der Waals surface area contributed by atoms with Gasteiger partial charge in [0.2, 0.25) is 0 Å². The Morgan fingerprint density at radius 3 is 1.66 bits per heavy atom. The van der Waals surface area contributed by atoms with Gasteiger partial charge < -0.3 is 9.47 Å². The van der Waals surface area contributed by atoms with Gasteiger partial charge in [-0.3, -0.25) is 0 Å². The lowest BCUT2D eigenvalue weighted by atomic mass is 9.65. The maximum Gasteiger partial charge on any atom is 0.422 e. The van der Waals surface area contributed by atoms with Gasteiger partial charge >= 0.3 is 6.18 Å². The third-order valence-electron chi connectivity index (χ3n) is 9.23. The molecule has 0 bridgehead atoms. The Labute approximate surface area is 208 Å². The summed E-state index contributed by atoms with van der Waals surface area (Å²) in [5, 5.41) is 0. The first kappa shape index (κ1) is 26.6. The van der Waals surface area contributed by atoms with E-state index in [1.807, 2.05) is 0 Å².